The van der Waals surface area contributed by atoms with Gasteiger partial charge < -0.3 is 14.7 Å². The summed E-state index contributed by atoms with van der Waals surface area (Å²) in [6.45, 7) is 0.690. The minimum atomic E-state index is -1.28. The first-order valence-electron chi connectivity index (χ1n) is 13.1. The number of aliphatic hydroxyl groups is 1. The molecule has 0 aliphatic carbocycles. The maximum absolute atomic E-state index is 13.1. The third-order valence-corrected chi connectivity index (χ3v) is 7.62. The lowest BCUT2D eigenvalue weighted by atomic mass is 9.70. The smallest absolute Gasteiger partial charge is 0.217 e. The highest BCUT2D eigenvalue weighted by Crippen LogP contribution is 2.49. The van der Waals surface area contributed by atoms with E-state index >= 15 is 0 Å². The fourth-order valence-electron chi connectivity index (χ4n) is 5.44. The number of hydrogen-bond donors (Lipinski definition) is 1. The molecular formula is C34H33ClN2O2. The van der Waals surface area contributed by atoms with Gasteiger partial charge in [-0.25, -0.2) is 4.98 Å². The Kier molecular flexibility index (Phi) is 7.99. The summed E-state index contributed by atoms with van der Waals surface area (Å²) >= 11 is 6.17. The molecule has 5 rings (SSSR count). The van der Waals surface area contributed by atoms with E-state index in [9.17, 15) is 5.11 Å². The second kappa shape index (κ2) is 11.6. The van der Waals surface area contributed by atoms with Gasteiger partial charge in [-0.1, -0.05) is 96.5 Å². The molecule has 0 bridgehead atoms. The highest BCUT2D eigenvalue weighted by molar-refractivity contribution is 6.30. The third-order valence-electron chi connectivity index (χ3n) is 7.37. The van der Waals surface area contributed by atoms with E-state index in [4.69, 9.17) is 21.3 Å². The lowest BCUT2D eigenvalue weighted by Gasteiger charge is -2.39. The SMILES string of the molecule is COc1ncc(-c2ccc(Cl)cc2)cc1[C@@H](c1ccccc1)[C@](O)(CCN(C)C)c1cccc2ccccc12. The van der Waals surface area contributed by atoms with Crippen LogP contribution in [0.1, 0.15) is 29.0 Å². The summed E-state index contributed by atoms with van der Waals surface area (Å²) in [7, 11) is 5.70. The van der Waals surface area contributed by atoms with Crippen molar-refractivity contribution in [1.29, 1.82) is 0 Å². The molecule has 0 aliphatic heterocycles. The molecule has 198 valence electrons. The zero-order chi connectivity index (χ0) is 27.4. The molecule has 0 spiro atoms. The van der Waals surface area contributed by atoms with Crippen molar-refractivity contribution in [3.05, 3.63) is 131 Å². The van der Waals surface area contributed by atoms with Gasteiger partial charge in [0, 0.05) is 34.8 Å². The molecule has 0 saturated heterocycles. The Bertz CT molecular complexity index is 1550. The number of hydrogen-bond acceptors (Lipinski definition) is 4. The normalized spacial score (nSPS) is 13.8. The number of halogens is 1. The molecule has 1 aromatic heterocycles. The molecule has 5 aromatic rings. The summed E-state index contributed by atoms with van der Waals surface area (Å²) in [5.41, 5.74) is 3.33. The van der Waals surface area contributed by atoms with Gasteiger partial charge in [-0.3, -0.25) is 0 Å². The van der Waals surface area contributed by atoms with Gasteiger partial charge in [-0.05, 0) is 66.2 Å². The van der Waals surface area contributed by atoms with Gasteiger partial charge in [0.25, 0.3) is 0 Å². The molecular weight excluding hydrogens is 504 g/mol. The molecule has 0 unspecified atom stereocenters. The molecule has 1 heterocycles. The molecule has 0 saturated carbocycles. The Morgan fingerprint density at radius 3 is 2.28 bits per heavy atom. The van der Waals surface area contributed by atoms with Crippen LogP contribution in [-0.4, -0.2) is 42.7 Å². The number of methoxy groups -OCH3 is 1. The van der Waals surface area contributed by atoms with Crippen molar-refractivity contribution in [2.45, 2.75) is 17.9 Å². The van der Waals surface area contributed by atoms with Crippen LogP contribution in [0, 0.1) is 0 Å². The molecule has 4 nitrogen and oxygen atoms in total. The summed E-state index contributed by atoms with van der Waals surface area (Å²) in [6, 6.07) is 34.4. The lowest BCUT2D eigenvalue weighted by molar-refractivity contribution is 0.00517. The van der Waals surface area contributed by atoms with E-state index in [1.54, 1.807) is 7.11 Å². The average molecular weight is 537 g/mol. The number of pyridine rings is 1. The van der Waals surface area contributed by atoms with Crippen LogP contribution in [-0.2, 0) is 5.60 Å². The topological polar surface area (TPSA) is 45.6 Å². The van der Waals surface area contributed by atoms with Crippen molar-refractivity contribution in [3.63, 3.8) is 0 Å². The van der Waals surface area contributed by atoms with Crippen molar-refractivity contribution in [3.8, 4) is 17.0 Å². The monoisotopic (exact) mass is 536 g/mol. The summed E-state index contributed by atoms with van der Waals surface area (Å²) in [4.78, 5) is 6.84. The lowest BCUT2D eigenvalue weighted by Crippen LogP contribution is -2.38. The van der Waals surface area contributed by atoms with Gasteiger partial charge in [0.1, 0.15) is 5.60 Å². The fourth-order valence-corrected chi connectivity index (χ4v) is 5.56. The maximum Gasteiger partial charge on any atom is 0.217 e. The van der Waals surface area contributed by atoms with Crippen LogP contribution in [0.3, 0.4) is 0 Å². The zero-order valence-corrected chi connectivity index (χ0v) is 23.3. The van der Waals surface area contributed by atoms with E-state index in [-0.39, 0.29) is 0 Å². The molecule has 0 amide bonds. The van der Waals surface area contributed by atoms with Gasteiger partial charge in [-0.15, -0.1) is 0 Å². The van der Waals surface area contributed by atoms with Gasteiger partial charge in [0.2, 0.25) is 5.88 Å². The fraction of sp³-hybridized carbons (Fsp3) is 0.206. The van der Waals surface area contributed by atoms with Crippen LogP contribution >= 0.6 is 11.6 Å². The van der Waals surface area contributed by atoms with Crippen LogP contribution in [0.5, 0.6) is 5.88 Å². The van der Waals surface area contributed by atoms with Crippen LogP contribution < -0.4 is 4.74 Å². The Hall–Kier alpha value is -3.70. The minimum absolute atomic E-state index is 0.459. The van der Waals surface area contributed by atoms with Crippen LogP contribution in [0.4, 0.5) is 0 Å². The number of aromatic nitrogens is 1. The van der Waals surface area contributed by atoms with Crippen LogP contribution in [0.25, 0.3) is 21.9 Å². The van der Waals surface area contributed by atoms with Crippen LogP contribution in [0.2, 0.25) is 5.02 Å². The molecule has 1 N–H and O–H groups in total. The first-order chi connectivity index (χ1) is 18.9. The number of rotatable bonds is 9. The van der Waals surface area contributed by atoms with Gasteiger partial charge >= 0.3 is 0 Å². The standard InChI is InChI=1S/C34H33ClN2O2/c1-37(2)21-20-34(38,31-15-9-13-25-10-7-8-14-29(25)31)32(26-11-5-4-6-12-26)30-22-27(23-36-33(30)39-3)24-16-18-28(35)19-17-24/h4-19,22-23,32,38H,20-21H2,1-3H3/t32-,34+/m1/s1. The molecule has 0 fully saturated rings. The van der Waals surface area contributed by atoms with Gasteiger partial charge in [0.05, 0.1) is 7.11 Å². The van der Waals surface area contributed by atoms with E-state index in [2.05, 4.69) is 47.4 Å². The molecule has 4 aromatic carbocycles. The molecule has 0 radical (unpaired) electrons. The molecule has 39 heavy (non-hydrogen) atoms. The molecule has 5 heteroatoms. The number of fused-ring (bicyclic) bond motifs is 1. The number of nitrogens with zero attached hydrogens (tertiary/aromatic N) is 2. The van der Waals surface area contributed by atoms with E-state index in [0.29, 0.717) is 23.9 Å². The average Bonchev–Trinajstić information content (AvgIpc) is 2.97. The van der Waals surface area contributed by atoms with Crippen molar-refractivity contribution >= 4 is 22.4 Å². The minimum Gasteiger partial charge on any atom is -0.481 e. The van der Waals surface area contributed by atoms with Gasteiger partial charge in [0.15, 0.2) is 0 Å². The first-order valence-corrected chi connectivity index (χ1v) is 13.5. The predicted molar refractivity (Wildman–Crippen MR) is 161 cm³/mol. The maximum atomic E-state index is 13.1. The van der Waals surface area contributed by atoms with Crippen LogP contribution in [0.15, 0.2) is 109 Å². The predicted octanol–water partition coefficient (Wildman–Crippen LogP) is 7.54. The molecule has 0 aliphatic rings. The number of ether oxygens (including phenoxy) is 1. The number of benzene rings is 4. The van der Waals surface area contributed by atoms with E-state index in [1.165, 1.54) is 0 Å². The summed E-state index contributed by atoms with van der Waals surface area (Å²) in [6.07, 6.45) is 2.31. The van der Waals surface area contributed by atoms with E-state index < -0.39 is 11.5 Å². The summed E-state index contributed by atoms with van der Waals surface area (Å²) in [5.74, 6) is 0.0317. The van der Waals surface area contributed by atoms with Crippen molar-refractivity contribution in [2.75, 3.05) is 27.7 Å². The van der Waals surface area contributed by atoms with Crippen molar-refractivity contribution in [2.24, 2.45) is 0 Å². The van der Waals surface area contributed by atoms with Crippen molar-refractivity contribution in [1.82, 2.24) is 9.88 Å². The Morgan fingerprint density at radius 1 is 0.872 bits per heavy atom. The molecule has 2 atom stereocenters. The second-order valence-electron chi connectivity index (χ2n) is 10.2. The highest BCUT2D eigenvalue weighted by atomic mass is 35.5. The Balaban J connectivity index is 1.80. The Morgan fingerprint density at radius 2 is 1.56 bits per heavy atom. The first kappa shape index (κ1) is 26.9. The van der Waals surface area contributed by atoms with Gasteiger partial charge in [-0.2, -0.15) is 0 Å². The van der Waals surface area contributed by atoms with E-state index in [0.717, 1.165) is 38.6 Å². The summed E-state index contributed by atoms with van der Waals surface area (Å²) in [5, 5.41) is 15.9. The van der Waals surface area contributed by atoms with E-state index in [1.807, 2.05) is 81.0 Å². The quantitative estimate of drug-likeness (QED) is 0.211. The third kappa shape index (κ3) is 5.55. The largest absolute Gasteiger partial charge is 0.481 e. The highest BCUT2D eigenvalue weighted by Gasteiger charge is 2.43. The Labute approximate surface area is 235 Å². The summed E-state index contributed by atoms with van der Waals surface area (Å²) < 4.78 is 5.85. The zero-order valence-electron chi connectivity index (χ0n) is 22.5. The van der Waals surface area contributed by atoms with Crippen molar-refractivity contribution < 1.29 is 9.84 Å². The second-order valence-corrected chi connectivity index (χ2v) is 10.6.